The number of carbonyl (C=O) groups is 1. The van der Waals surface area contributed by atoms with Crippen LogP contribution in [0.3, 0.4) is 0 Å². The fraction of sp³-hybridized carbons (Fsp3) is 0.526. The van der Waals surface area contributed by atoms with Crippen molar-refractivity contribution in [2.45, 2.75) is 49.0 Å². The van der Waals surface area contributed by atoms with E-state index in [2.05, 4.69) is 28.8 Å². The molecule has 236 valence electrons. The summed E-state index contributed by atoms with van der Waals surface area (Å²) >= 11 is 0.908. The van der Waals surface area contributed by atoms with Gasteiger partial charge in [-0.05, 0) is 0 Å². The molecule has 2 fully saturated rings. The van der Waals surface area contributed by atoms with Crippen LogP contribution in [0.2, 0.25) is 0 Å². The third kappa shape index (κ3) is 6.62. The third-order valence-corrected chi connectivity index (χ3v) is 9.90. The van der Waals surface area contributed by atoms with Crippen LogP contribution in [0.15, 0.2) is 18.0 Å². The number of carbonyl (C=O) groups excluding carboxylic acids is 1. The number of aliphatic hydroxyl groups is 4. The minimum atomic E-state index is -5.37. The number of nitrogens with two attached hydrogens (primary N) is 2. The standard InChI is InChI=1S/C19H25N7O14P2S/c20-15-9-17(23-4-22-15)26(5-24-9)19-13(30)11(28)8(39-19)2-37-42(34,35)40-41(32,33)36-1-7-10(27)12(29)14(38-7)18-25-6(3-43-18)16(21)31/h3-5,7-8,10-14,19,27-30H,1-2H2,(H2,21,31)(H,32,33)(H,34,35)(H2,20,22,23)/t7-,8+,10+,11-,12+,13-,14-,19+/m1/s1. The van der Waals surface area contributed by atoms with Gasteiger partial charge in [-0.25, -0.2) is 29.1 Å². The van der Waals surface area contributed by atoms with Gasteiger partial charge in [0.15, 0.2) is 17.7 Å². The minimum absolute atomic E-state index is 0.0500. The average molecular weight is 669 g/mol. The highest BCUT2D eigenvalue weighted by molar-refractivity contribution is 7.61. The summed E-state index contributed by atoms with van der Waals surface area (Å²) in [5.41, 5.74) is 11.1. The zero-order chi connectivity index (χ0) is 31.3. The lowest BCUT2D eigenvalue weighted by Crippen LogP contribution is -2.33. The number of nitrogen functional groups attached to an aromatic ring is 1. The van der Waals surface area contributed by atoms with E-state index in [0.29, 0.717) is 0 Å². The van der Waals surface area contributed by atoms with E-state index < -0.39 is 83.7 Å². The molecule has 0 radical (unpaired) electrons. The van der Waals surface area contributed by atoms with E-state index >= 15 is 0 Å². The maximum Gasteiger partial charge on any atom is 0.481 e. The largest absolute Gasteiger partial charge is 0.481 e. The lowest BCUT2D eigenvalue weighted by molar-refractivity contribution is -0.0507. The van der Waals surface area contributed by atoms with Crippen LogP contribution in [0.1, 0.15) is 27.8 Å². The summed E-state index contributed by atoms with van der Waals surface area (Å²) in [4.78, 5) is 47.0. The van der Waals surface area contributed by atoms with Crippen LogP contribution in [0.4, 0.5) is 5.82 Å². The number of fused-ring (bicyclic) bond motifs is 1. The molecule has 2 unspecified atom stereocenters. The van der Waals surface area contributed by atoms with Gasteiger partial charge in [0.2, 0.25) is 0 Å². The van der Waals surface area contributed by atoms with E-state index in [9.17, 15) is 44.1 Å². The molecule has 0 aromatic carbocycles. The Morgan fingerprint density at radius 1 is 0.977 bits per heavy atom. The summed E-state index contributed by atoms with van der Waals surface area (Å²) in [7, 11) is -10.7. The molecule has 10 N–H and O–H groups in total. The van der Waals surface area contributed by atoms with Crippen LogP contribution in [-0.4, -0.2) is 110 Å². The quantitative estimate of drug-likeness (QED) is 0.0994. The Kier molecular flexibility index (Phi) is 8.97. The van der Waals surface area contributed by atoms with Crippen molar-refractivity contribution in [3.8, 4) is 0 Å². The summed E-state index contributed by atoms with van der Waals surface area (Å²) in [5, 5.41) is 42.8. The number of aromatic nitrogens is 5. The number of hydrogen-bond acceptors (Lipinski definition) is 18. The second-order valence-corrected chi connectivity index (χ2v) is 13.2. The molecule has 43 heavy (non-hydrogen) atoms. The molecule has 0 spiro atoms. The van der Waals surface area contributed by atoms with Crippen molar-refractivity contribution < 1.29 is 67.0 Å². The van der Waals surface area contributed by atoms with Gasteiger partial charge < -0.3 is 51.2 Å². The van der Waals surface area contributed by atoms with Crippen molar-refractivity contribution in [3.05, 3.63) is 28.7 Å². The van der Waals surface area contributed by atoms with Gasteiger partial charge in [-0.1, -0.05) is 0 Å². The van der Waals surface area contributed by atoms with Gasteiger partial charge in [0, 0.05) is 5.38 Å². The van der Waals surface area contributed by atoms with Crippen molar-refractivity contribution in [2.24, 2.45) is 5.73 Å². The second kappa shape index (κ2) is 12.1. The monoisotopic (exact) mass is 669 g/mol. The van der Waals surface area contributed by atoms with Crippen LogP contribution < -0.4 is 11.5 Å². The Balaban J connectivity index is 1.15. The highest BCUT2D eigenvalue weighted by Crippen LogP contribution is 2.61. The van der Waals surface area contributed by atoms with Crippen molar-refractivity contribution in [3.63, 3.8) is 0 Å². The van der Waals surface area contributed by atoms with Gasteiger partial charge in [-0.2, -0.15) is 4.31 Å². The molecule has 0 saturated carbocycles. The molecule has 3 aromatic heterocycles. The number of phosphoric acid groups is 2. The van der Waals surface area contributed by atoms with Gasteiger partial charge in [0.05, 0.1) is 19.5 Å². The number of nitrogens with zero attached hydrogens (tertiary/aromatic N) is 5. The molecule has 2 aliphatic rings. The zero-order valence-corrected chi connectivity index (χ0v) is 24.0. The molecule has 10 atom stereocenters. The average Bonchev–Trinajstić information content (AvgIpc) is 3.70. The highest BCUT2D eigenvalue weighted by Gasteiger charge is 2.48. The van der Waals surface area contributed by atoms with E-state index in [1.165, 1.54) is 16.3 Å². The Morgan fingerprint density at radius 2 is 1.60 bits per heavy atom. The Bertz CT molecular complexity index is 1590. The van der Waals surface area contributed by atoms with Crippen molar-refractivity contribution >= 4 is 49.9 Å². The number of thiazole rings is 1. The maximum atomic E-state index is 12.4. The second-order valence-electron chi connectivity index (χ2n) is 9.25. The number of imidazole rings is 1. The topological polar surface area (TPSA) is 327 Å². The molecular formula is C19H25N7O14P2S. The molecule has 2 saturated heterocycles. The third-order valence-electron chi connectivity index (χ3n) is 6.39. The van der Waals surface area contributed by atoms with E-state index in [1.807, 2.05) is 0 Å². The molecule has 0 bridgehead atoms. The first-order valence-electron chi connectivity index (χ1n) is 12.0. The summed E-state index contributed by atoms with van der Waals surface area (Å²) in [6, 6.07) is 0. The number of rotatable bonds is 11. The summed E-state index contributed by atoms with van der Waals surface area (Å²) in [6.45, 7) is -1.80. The van der Waals surface area contributed by atoms with Crippen LogP contribution in [-0.2, 0) is 32.0 Å². The van der Waals surface area contributed by atoms with E-state index in [-0.39, 0.29) is 27.7 Å². The molecule has 5 heterocycles. The van der Waals surface area contributed by atoms with Gasteiger partial charge >= 0.3 is 15.6 Å². The van der Waals surface area contributed by atoms with Gasteiger partial charge in [-0.3, -0.25) is 18.4 Å². The molecule has 2 aliphatic heterocycles. The zero-order valence-electron chi connectivity index (χ0n) is 21.4. The first kappa shape index (κ1) is 31.9. The van der Waals surface area contributed by atoms with Crippen molar-refractivity contribution in [2.75, 3.05) is 18.9 Å². The van der Waals surface area contributed by atoms with Crippen LogP contribution in [0.25, 0.3) is 11.2 Å². The molecule has 5 rings (SSSR count). The van der Waals surface area contributed by atoms with Crippen molar-refractivity contribution in [1.82, 2.24) is 24.5 Å². The Hall–Kier alpha value is -2.53. The predicted molar refractivity (Wildman–Crippen MR) is 139 cm³/mol. The van der Waals surface area contributed by atoms with Crippen LogP contribution in [0, 0.1) is 0 Å². The summed E-state index contributed by atoms with van der Waals surface area (Å²) < 4.78 is 50.6. The number of primary amides is 1. The molecule has 3 aromatic rings. The highest BCUT2D eigenvalue weighted by atomic mass is 32.1. The number of amides is 1. The normalized spacial score (nSPS) is 32.1. The van der Waals surface area contributed by atoms with Crippen LogP contribution >= 0.6 is 27.0 Å². The predicted octanol–water partition coefficient (Wildman–Crippen LogP) is -2.30. The number of ether oxygens (including phenoxy) is 2. The maximum absolute atomic E-state index is 12.4. The SMILES string of the molecule is NC(=O)c1csc([C@@H]2O[C@H](COP(=O)(O)OP(=O)(O)OC[C@@H]3O[C@H](n4cnc5c(N)ncnc54)[C@H](O)[C@@H]3O)[C@H](O)[C@@H]2O)n1. The summed E-state index contributed by atoms with van der Waals surface area (Å²) in [5.74, 6) is -0.782. The summed E-state index contributed by atoms with van der Waals surface area (Å²) in [6.07, 6.45) is -9.48. The van der Waals surface area contributed by atoms with Crippen LogP contribution in [0.5, 0.6) is 0 Å². The fourth-order valence-corrected chi connectivity index (χ4v) is 7.26. The van der Waals surface area contributed by atoms with E-state index in [4.69, 9.17) is 25.5 Å². The number of aliphatic hydroxyl groups excluding tert-OH is 4. The molecule has 21 nitrogen and oxygen atoms in total. The lowest BCUT2D eigenvalue weighted by Gasteiger charge is -2.20. The molecule has 24 heteroatoms. The first-order valence-corrected chi connectivity index (χ1v) is 15.9. The number of hydrogen-bond donors (Lipinski definition) is 8. The minimum Gasteiger partial charge on any atom is -0.387 e. The number of anilines is 1. The van der Waals surface area contributed by atoms with Gasteiger partial charge in [0.1, 0.15) is 65.3 Å². The van der Waals surface area contributed by atoms with Crippen molar-refractivity contribution in [1.29, 1.82) is 0 Å². The van der Waals surface area contributed by atoms with E-state index in [0.717, 1.165) is 17.7 Å². The Labute approximate surface area is 243 Å². The first-order chi connectivity index (χ1) is 20.2. The lowest BCUT2D eigenvalue weighted by atomic mass is 10.1. The molecular weight excluding hydrogens is 644 g/mol. The van der Waals surface area contributed by atoms with Gasteiger partial charge in [0.25, 0.3) is 5.91 Å². The van der Waals surface area contributed by atoms with E-state index in [1.54, 1.807) is 0 Å². The number of phosphoric ester groups is 2. The smallest absolute Gasteiger partial charge is 0.387 e. The molecule has 0 aliphatic carbocycles. The van der Waals surface area contributed by atoms with Gasteiger partial charge in [-0.15, -0.1) is 11.3 Å². The molecule has 1 amide bonds. The fourth-order valence-electron chi connectivity index (χ4n) is 4.29. The Morgan fingerprint density at radius 3 is 2.23 bits per heavy atom.